The minimum Gasteiger partial charge on any atom is -0.467 e. The molecule has 136 valence electrons. The minimum absolute atomic E-state index is 0.0429. The van der Waals surface area contributed by atoms with E-state index in [1.165, 1.54) is 0 Å². The van der Waals surface area contributed by atoms with Gasteiger partial charge in [0.15, 0.2) is 0 Å². The number of ether oxygens (including phenoxy) is 1. The van der Waals surface area contributed by atoms with E-state index in [0.717, 1.165) is 34.0 Å². The van der Waals surface area contributed by atoms with E-state index >= 15 is 0 Å². The summed E-state index contributed by atoms with van der Waals surface area (Å²) in [5.74, 6) is 1.51. The zero-order valence-electron chi connectivity index (χ0n) is 15.0. The fourth-order valence-electron chi connectivity index (χ4n) is 2.72. The first kappa shape index (κ1) is 17.9. The van der Waals surface area contributed by atoms with E-state index in [0.29, 0.717) is 26.1 Å². The molecule has 0 spiro atoms. The highest BCUT2D eigenvalue weighted by Gasteiger charge is 2.11. The molecule has 0 atom stereocenters. The number of nitrogens with one attached hydrogen (secondary N) is 1. The van der Waals surface area contributed by atoms with Crippen molar-refractivity contribution >= 4 is 11.6 Å². The number of benzene rings is 1. The van der Waals surface area contributed by atoms with Gasteiger partial charge in [-0.05, 0) is 50.1 Å². The van der Waals surface area contributed by atoms with Crippen LogP contribution in [0.25, 0.3) is 0 Å². The van der Waals surface area contributed by atoms with E-state index in [9.17, 15) is 4.79 Å². The number of furan rings is 1. The summed E-state index contributed by atoms with van der Waals surface area (Å²) < 4.78 is 16.0. The molecular formula is C20H22N2O4. The van der Waals surface area contributed by atoms with Crippen LogP contribution < -0.4 is 5.32 Å². The van der Waals surface area contributed by atoms with Crippen LogP contribution in [-0.4, -0.2) is 11.1 Å². The van der Waals surface area contributed by atoms with Crippen LogP contribution in [0.2, 0.25) is 0 Å². The molecule has 0 bridgehead atoms. The minimum atomic E-state index is -0.0429. The van der Waals surface area contributed by atoms with Crippen LogP contribution >= 0.6 is 0 Å². The lowest BCUT2D eigenvalue weighted by Gasteiger charge is -2.08. The van der Waals surface area contributed by atoms with E-state index in [2.05, 4.69) is 10.5 Å². The van der Waals surface area contributed by atoms with Gasteiger partial charge in [-0.25, -0.2) is 0 Å². The molecule has 0 unspecified atom stereocenters. The number of hydrogen-bond donors (Lipinski definition) is 1. The van der Waals surface area contributed by atoms with Gasteiger partial charge in [0.2, 0.25) is 5.91 Å². The molecule has 26 heavy (non-hydrogen) atoms. The van der Waals surface area contributed by atoms with Gasteiger partial charge in [-0.2, -0.15) is 0 Å². The zero-order chi connectivity index (χ0) is 18.4. The molecule has 6 heteroatoms. The molecule has 3 rings (SSSR count). The Hall–Kier alpha value is -2.86. The van der Waals surface area contributed by atoms with Crippen molar-refractivity contribution in [2.24, 2.45) is 0 Å². The molecule has 2 heterocycles. The highest BCUT2D eigenvalue weighted by atomic mass is 16.5. The number of aryl methyl sites for hydroxylation is 2. The molecule has 0 saturated carbocycles. The van der Waals surface area contributed by atoms with Crippen LogP contribution in [0.4, 0.5) is 5.69 Å². The Labute approximate surface area is 152 Å². The largest absolute Gasteiger partial charge is 0.467 e. The molecule has 0 fully saturated rings. The molecule has 0 radical (unpaired) electrons. The van der Waals surface area contributed by atoms with Crippen molar-refractivity contribution < 1.29 is 18.5 Å². The van der Waals surface area contributed by atoms with Gasteiger partial charge < -0.3 is 19.0 Å². The molecule has 0 aliphatic heterocycles. The van der Waals surface area contributed by atoms with Crippen molar-refractivity contribution in [3.05, 3.63) is 71.0 Å². The van der Waals surface area contributed by atoms with Gasteiger partial charge in [0.25, 0.3) is 0 Å². The quantitative estimate of drug-likeness (QED) is 0.657. The number of aromatic nitrogens is 1. The van der Waals surface area contributed by atoms with E-state index in [1.54, 1.807) is 6.26 Å². The average molecular weight is 354 g/mol. The third-order valence-electron chi connectivity index (χ3n) is 4.09. The number of carbonyl (C=O) groups excluding carboxylic acids is 1. The Morgan fingerprint density at radius 1 is 1.19 bits per heavy atom. The van der Waals surface area contributed by atoms with Crippen molar-refractivity contribution in [3.63, 3.8) is 0 Å². The molecule has 2 aromatic heterocycles. The van der Waals surface area contributed by atoms with E-state index in [1.807, 2.05) is 50.2 Å². The molecule has 0 aliphatic carbocycles. The highest BCUT2D eigenvalue weighted by molar-refractivity contribution is 5.90. The lowest BCUT2D eigenvalue weighted by Crippen LogP contribution is -2.12. The van der Waals surface area contributed by atoms with Gasteiger partial charge in [-0.15, -0.1) is 0 Å². The van der Waals surface area contributed by atoms with Crippen molar-refractivity contribution in [2.75, 3.05) is 5.32 Å². The molecule has 1 aromatic carbocycles. The maximum atomic E-state index is 12.2. The Balaban J connectivity index is 1.48. The van der Waals surface area contributed by atoms with E-state index < -0.39 is 0 Å². The number of nitrogens with zero attached hydrogens (tertiary/aromatic N) is 1. The van der Waals surface area contributed by atoms with Gasteiger partial charge in [-0.1, -0.05) is 17.3 Å². The van der Waals surface area contributed by atoms with Crippen LogP contribution in [0, 0.1) is 13.8 Å². The predicted octanol–water partition coefficient (Wildman–Crippen LogP) is 4.17. The number of anilines is 1. The lowest BCUT2D eigenvalue weighted by molar-refractivity contribution is -0.116. The fourth-order valence-corrected chi connectivity index (χ4v) is 2.72. The SMILES string of the molecule is Cc1noc(C)c1CCC(=O)Nc1cccc(COCc2ccco2)c1. The van der Waals surface area contributed by atoms with Crippen molar-refractivity contribution in [1.82, 2.24) is 5.16 Å². The second-order valence-electron chi connectivity index (χ2n) is 6.12. The van der Waals surface area contributed by atoms with Crippen LogP contribution in [0.3, 0.4) is 0 Å². The lowest BCUT2D eigenvalue weighted by atomic mass is 10.1. The summed E-state index contributed by atoms with van der Waals surface area (Å²) in [6.07, 6.45) is 2.61. The molecule has 0 saturated heterocycles. The number of amides is 1. The smallest absolute Gasteiger partial charge is 0.224 e. The van der Waals surface area contributed by atoms with Crippen LogP contribution in [0.1, 0.15) is 34.8 Å². The van der Waals surface area contributed by atoms with Gasteiger partial charge >= 0.3 is 0 Å². The van der Waals surface area contributed by atoms with Gasteiger partial charge in [0.1, 0.15) is 18.1 Å². The second-order valence-corrected chi connectivity index (χ2v) is 6.12. The predicted molar refractivity (Wildman–Crippen MR) is 96.6 cm³/mol. The highest BCUT2D eigenvalue weighted by Crippen LogP contribution is 2.16. The summed E-state index contributed by atoms with van der Waals surface area (Å²) in [4.78, 5) is 12.2. The zero-order valence-corrected chi connectivity index (χ0v) is 15.0. The Morgan fingerprint density at radius 3 is 2.81 bits per heavy atom. The number of rotatable bonds is 8. The Kier molecular flexibility index (Phi) is 5.86. The summed E-state index contributed by atoms with van der Waals surface area (Å²) >= 11 is 0. The number of hydrogen-bond acceptors (Lipinski definition) is 5. The monoisotopic (exact) mass is 354 g/mol. The molecule has 1 amide bonds. The number of carbonyl (C=O) groups is 1. The van der Waals surface area contributed by atoms with Crippen LogP contribution in [0.5, 0.6) is 0 Å². The Bertz CT molecular complexity index is 833. The molecule has 0 aliphatic rings. The molecule has 3 aromatic rings. The van der Waals surface area contributed by atoms with Crippen LogP contribution in [0.15, 0.2) is 51.6 Å². The topological polar surface area (TPSA) is 77.5 Å². The molecule has 1 N–H and O–H groups in total. The standard InChI is InChI=1S/C20H22N2O4/c1-14-19(15(2)26-22-14)8-9-20(23)21-17-6-3-5-16(11-17)12-24-13-18-7-4-10-25-18/h3-7,10-11H,8-9,12-13H2,1-2H3,(H,21,23). The summed E-state index contributed by atoms with van der Waals surface area (Å²) in [5.41, 5.74) is 3.58. The van der Waals surface area contributed by atoms with E-state index in [-0.39, 0.29) is 5.91 Å². The molecular weight excluding hydrogens is 332 g/mol. The normalized spacial score (nSPS) is 10.8. The third-order valence-corrected chi connectivity index (χ3v) is 4.09. The van der Waals surface area contributed by atoms with Gasteiger partial charge in [0.05, 0.1) is 18.6 Å². The Morgan fingerprint density at radius 2 is 2.08 bits per heavy atom. The maximum Gasteiger partial charge on any atom is 0.224 e. The first-order valence-electron chi connectivity index (χ1n) is 8.52. The van der Waals surface area contributed by atoms with Crippen molar-refractivity contribution in [2.45, 2.75) is 39.9 Å². The summed E-state index contributed by atoms with van der Waals surface area (Å²) in [6, 6.07) is 11.3. The van der Waals surface area contributed by atoms with Crippen LogP contribution in [-0.2, 0) is 29.2 Å². The maximum absolute atomic E-state index is 12.2. The van der Waals surface area contributed by atoms with Gasteiger partial charge in [-0.3, -0.25) is 4.79 Å². The van der Waals surface area contributed by atoms with Crippen molar-refractivity contribution in [1.29, 1.82) is 0 Å². The first-order chi connectivity index (χ1) is 12.6. The second kappa shape index (κ2) is 8.49. The summed E-state index contributed by atoms with van der Waals surface area (Å²) in [5, 5.41) is 6.83. The fraction of sp³-hybridized carbons (Fsp3) is 0.300. The average Bonchev–Trinajstić information content (AvgIpc) is 3.24. The first-order valence-corrected chi connectivity index (χ1v) is 8.52. The third kappa shape index (κ3) is 4.83. The summed E-state index contributed by atoms with van der Waals surface area (Å²) in [7, 11) is 0. The van der Waals surface area contributed by atoms with Crippen molar-refractivity contribution in [3.8, 4) is 0 Å². The summed E-state index contributed by atoms with van der Waals surface area (Å²) in [6.45, 7) is 4.61. The molecule has 6 nitrogen and oxygen atoms in total. The van der Waals surface area contributed by atoms with E-state index in [4.69, 9.17) is 13.7 Å². The van der Waals surface area contributed by atoms with Gasteiger partial charge in [0, 0.05) is 17.7 Å².